The highest BCUT2D eigenvalue weighted by Crippen LogP contribution is 2.24. The molecule has 0 aromatic heterocycles. The largest absolute Gasteiger partial charge is 0.312 e. The molecule has 0 aromatic carbocycles. The Morgan fingerprint density at radius 1 is 1.18 bits per heavy atom. The molecule has 6 nitrogen and oxygen atoms in total. The number of rotatable bonds is 6. The SMILES string of the molecule is CNS(=O)(=O)CCNC1CCCC1S(C)(=O)=O. The van der Waals surface area contributed by atoms with Crippen LogP contribution in [0.15, 0.2) is 0 Å². The molecule has 102 valence electrons. The van der Waals surface area contributed by atoms with Gasteiger partial charge in [-0.25, -0.2) is 21.6 Å². The molecule has 0 spiro atoms. The van der Waals surface area contributed by atoms with E-state index in [-0.39, 0.29) is 23.6 Å². The molecule has 1 fully saturated rings. The zero-order valence-corrected chi connectivity index (χ0v) is 11.8. The standard InChI is InChI=1S/C9H20N2O4S2/c1-10-17(14,15)7-6-11-8-4-3-5-9(8)16(2,12)13/h8-11H,3-7H2,1-2H3. The van der Waals surface area contributed by atoms with Crippen molar-refractivity contribution in [2.45, 2.75) is 30.6 Å². The molecule has 0 aliphatic heterocycles. The topological polar surface area (TPSA) is 92.3 Å². The van der Waals surface area contributed by atoms with Gasteiger partial charge in [0.05, 0.1) is 11.0 Å². The molecule has 2 N–H and O–H groups in total. The van der Waals surface area contributed by atoms with Gasteiger partial charge in [-0.2, -0.15) is 0 Å². The van der Waals surface area contributed by atoms with E-state index in [1.165, 1.54) is 13.3 Å². The van der Waals surface area contributed by atoms with Gasteiger partial charge in [-0.05, 0) is 19.9 Å². The predicted molar refractivity (Wildman–Crippen MR) is 67.1 cm³/mol. The van der Waals surface area contributed by atoms with Crippen molar-refractivity contribution in [3.63, 3.8) is 0 Å². The Labute approximate surface area is 103 Å². The smallest absolute Gasteiger partial charge is 0.212 e. The van der Waals surface area contributed by atoms with Gasteiger partial charge in [-0.3, -0.25) is 0 Å². The van der Waals surface area contributed by atoms with Gasteiger partial charge in [0.15, 0.2) is 9.84 Å². The van der Waals surface area contributed by atoms with Crippen LogP contribution in [0.1, 0.15) is 19.3 Å². The Kier molecular flexibility index (Phi) is 4.94. The molecule has 0 heterocycles. The summed E-state index contributed by atoms with van der Waals surface area (Å²) < 4.78 is 47.6. The fourth-order valence-electron chi connectivity index (χ4n) is 2.15. The number of sulfone groups is 1. The normalized spacial score (nSPS) is 26.2. The Balaban J connectivity index is 2.47. The lowest BCUT2D eigenvalue weighted by atomic mass is 10.2. The van der Waals surface area contributed by atoms with Crippen LogP contribution in [-0.4, -0.2) is 53.7 Å². The van der Waals surface area contributed by atoms with Crippen molar-refractivity contribution in [3.8, 4) is 0 Å². The van der Waals surface area contributed by atoms with Crippen molar-refractivity contribution < 1.29 is 16.8 Å². The van der Waals surface area contributed by atoms with Crippen LogP contribution in [0, 0.1) is 0 Å². The fourth-order valence-corrected chi connectivity index (χ4v) is 4.17. The Bertz CT molecular complexity index is 444. The van der Waals surface area contributed by atoms with E-state index in [9.17, 15) is 16.8 Å². The van der Waals surface area contributed by atoms with Crippen molar-refractivity contribution in [2.75, 3.05) is 25.6 Å². The third-order valence-corrected chi connectivity index (χ3v) is 6.12. The van der Waals surface area contributed by atoms with Gasteiger partial charge < -0.3 is 5.32 Å². The van der Waals surface area contributed by atoms with Crippen LogP contribution in [-0.2, 0) is 19.9 Å². The maximum atomic E-state index is 11.5. The van der Waals surface area contributed by atoms with E-state index in [1.807, 2.05) is 0 Å². The van der Waals surface area contributed by atoms with Crippen LogP contribution in [0.4, 0.5) is 0 Å². The van der Waals surface area contributed by atoms with Crippen LogP contribution >= 0.6 is 0 Å². The summed E-state index contributed by atoms with van der Waals surface area (Å²) in [5.41, 5.74) is 0. The third-order valence-electron chi connectivity index (χ3n) is 3.09. The zero-order valence-electron chi connectivity index (χ0n) is 10.1. The van der Waals surface area contributed by atoms with Crippen LogP contribution < -0.4 is 10.0 Å². The van der Waals surface area contributed by atoms with E-state index in [1.54, 1.807) is 0 Å². The monoisotopic (exact) mass is 284 g/mol. The minimum atomic E-state index is -3.23. The van der Waals surface area contributed by atoms with E-state index in [0.29, 0.717) is 6.42 Å². The molecule has 1 rings (SSSR count). The predicted octanol–water partition coefficient (Wildman–Crippen LogP) is -0.909. The summed E-state index contributed by atoms with van der Waals surface area (Å²) in [6, 6.07) is -0.114. The molecule has 17 heavy (non-hydrogen) atoms. The summed E-state index contributed by atoms with van der Waals surface area (Å²) in [6.07, 6.45) is 3.56. The van der Waals surface area contributed by atoms with Crippen LogP contribution in [0.2, 0.25) is 0 Å². The summed E-state index contributed by atoms with van der Waals surface area (Å²) in [5, 5.41) is 2.66. The van der Waals surface area contributed by atoms with Gasteiger partial charge in [0.1, 0.15) is 0 Å². The molecular formula is C9H20N2O4S2. The number of hydrogen-bond donors (Lipinski definition) is 2. The van der Waals surface area contributed by atoms with Gasteiger partial charge >= 0.3 is 0 Å². The minimum absolute atomic E-state index is 0.0313. The molecule has 0 radical (unpaired) electrons. The highest BCUT2D eigenvalue weighted by atomic mass is 32.2. The Hall–Kier alpha value is -0.180. The van der Waals surface area contributed by atoms with E-state index < -0.39 is 19.9 Å². The maximum absolute atomic E-state index is 11.5. The first-order valence-corrected chi connectivity index (χ1v) is 9.20. The van der Waals surface area contributed by atoms with Crippen molar-refractivity contribution in [1.29, 1.82) is 0 Å². The van der Waals surface area contributed by atoms with Crippen molar-refractivity contribution in [3.05, 3.63) is 0 Å². The van der Waals surface area contributed by atoms with E-state index >= 15 is 0 Å². The van der Waals surface area contributed by atoms with Gasteiger partial charge in [0.25, 0.3) is 0 Å². The number of sulfonamides is 1. The second kappa shape index (κ2) is 5.64. The summed E-state index contributed by atoms with van der Waals surface area (Å²) >= 11 is 0. The van der Waals surface area contributed by atoms with E-state index in [2.05, 4.69) is 10.0 Å². The summed E-state index contributed by atoms with van der Waals surface area (Å²) in [5.74, 6) is -0.0313. The molecule has 0 bridgehead atoms. The third kappa shape index (κ3) is 4.53. The molecule has 0 saturated heterocycles. The average molecular weight is 284 g/mol. The molecule has 2 unspecified atom stereocenters. The van der Waals surface area contributed by atoms with Crippen molar-refractivity contribution in [2.24, 2.45) is 0 Å². The minimum Gasteiger partial charge on any atom is -0.312 e. The Morgan fingerprint density at radius 3 is 2.35 bits per heavy atom. The molecule has 0 aromatic rings. The molecule has 0 amide bonds. The quantitative estimate of drug-likeness (QED) is 0.659. The summed E-state index contributed by atoms with van der Waals surface area (Å²) in [6.45, 7) is 0.278. The first-order chi connectivity index (χ1) is 7.76. The highest BCUT2D eigenvalue weighted by Gasteiger charge is 2.34. The van der Waals surface area contributed by atoms with Gasteiger partial charge in [-0.15, -0.1) is 0 Å². The lowest BCUT2D eigenvalue weighted by molar-refractivity contribution is 0.517. The first kappa shape index (κ1) is 14.9. The summed E-state index contributed by atoms with van der Waals surface area (Å²) in [4.78, 5) is 0. The van der Waals surface area contributed by atoms with E-state index in [4.69, 9.17) is 0 Å². The molecule has 2 atom stereocenters. The maximum Gasteiger partial charge on any atom is 0.212 e. The van der Waals surface area contributed by atoms with Crippen LogP contribution in [0.5, 0.6) is 0 Å². The second-order valence-corrected chi connectivity index (χ2v) is 8.69. The lowest BCUT2D eigenvalue weighted by Gasteiger charge is -2.19. The van der Waals surface area contributed by atoms with Crippen LogP contribution in [0.25, 0.3) is 0 Å². The van der Waals surface area contributed by atoms with Crippen molar-refractivity contribution in [1.82, 2.24) is 10.0 Å². The van der Waals surface area contributed by atoms with Crippen LogP contribution in [0.3, 0.4) is 0 Å². The number of hydrogen-bond acceptors (Lipinski definition) is 5. The number of nitrogens with one attached hydrogen (secondary N) is 2. The van der Waals surface area contributed by atoms with Gasteiger partial charge in [-0.1, -0.05) is 6.42 Å². The highest BCUT2D eigenvalue weighted by molar-refractivity contribution is 7.91. The fraction of sp³-hybridized carbons (Fsp3) is 1.00. The van der Waals surface area contributed by atoms with Crippen molar-refractivity contribution >= 4 is 19.9 Å². The van der Waals surface area contributed by atoms with Gasteiger partial charge in [0, 0.05) is 18.8 Å². The molecule has 1 saturated carbocycles. The second-order valence-electron chi connectivity index (χ2n) is 4.38. The lowest BCUT2D eigenvalue weighted by Crippen LogP contribution is -2.42. The van der Waals surface area contributed by atoms with E-state index in [0.717, 1.165) is 12.8 Å². The molecular weight excluding hydrogens is 264 g/mol. The molecule has 8 heteroatoms. The Morgan fingerprint density at radius 2 is 1.82 bits per heavy atom. The summed E-state index contributed by atoms with van der Waals surface area (Å²) in [7, 11) is -4.91. The molecule has 1 aliphatic rings. The van der Waals surface area contributed by atoms with Gasteiger partial charge in [0.2, 0.25) is 10.0 Å². The zero-order chi connectivity index (χ0) is 13.1. The first-order valence-electron chi connectivity index (χ1n) is 5.60. The average Bonchev–Trinajstić information content (AvgIpc) is 2.65. The molecule has 1 aliphatic carbocycles.